The maximum atomic E-state index is 14.0. The summed E-state index contributed by atoms with van der Waals surface area (Å²) in [6.07, 6.45) is 1.59. The summed E-state index contributed by atoms with van der Waals surface area (Å²) in [6.45, 7) is 2.43. The highest BCUT2D eigenvalue weighted by molar-refractivity contribution is 9.10. The Labute approximate surface area is 255 Å². The van der Waals surface area contributed by atoms with Crippen LogP contribution in [0.4, 0.5) is 15.8 Å². The molecule has 3 N–H and O–H groups in total. The van der Waals surface area contributed by atoms with Gasteiger partial charge in [0, 0.05) is 20.6 Å². The van der Waals surface area contributed by atoms with Crippen molar-refractivity contribution in [2.24, 2.45) is 0 Å². The van der Waals surface area contributed by atoms with E-state index < -0.39 is 17.6 Å². The van der Waals surface area contributed by atoms with Crippen molar-refractivity contribution in [3.8, 4) is 5.75 Å². The largest absolute Gasteiger partial charge is 0.494 e. The summed E-state index contributed by atoms with van der Waals surface area (Å²) < 4.78 is 20.0. The third-order valence-corrected chi connectivity index (χ3v) is 7.22. The highest BCUT2D eigenvalue weighted by atomic mass is 79.9. The lowest BCUT2D eigenvalue weighted by molar-refractivity contribution is -0.114. The second-order valence-corrected chi connectivity index (χ2v) is 10.8. The van der Waals surface area contributed by atoms with Crippen molar-refractivity contribution in [3.05, 3.63) is 124 Å². The lowest BCUT2D eigenvalue weighted by Crippen LogP contribution is -2.30. The topological polar surface area (TPSA) is 96.5 Å². The SMILES string of the molecule is CCOc1ccc(/C=C(\NC(=O)c2ccccc2)C(=O)Nc2ccc(SCC(=O)Nc3ccc(Br)cc3F)cc2)cc1. The van der Waals surface area contributed by atoms with Gasteiger partial charge in [-0.25, -0.2) is 4.39 Å². The van der Waals surface area contributed by atoms with Gasteiger partial charge in [0.1, 0.15) is 17.3 Å². The number of halogens is 2. The van der Waals surface area contributed by atoms with E-state index in [-0.39, 0.29) is 23.0 Å². The zero-order chi connectivity index (χ0) is 29.9. The van der Waals surface area contributed by atoms with Crippen molar-refractivity contribution in [1.29, 1.82) is 0 Å². The van der Waals surface area contributed by atoms with Crippen molar-refractivity contribution in [2.45, 2.75) is 11.8 Å². The predicted molar refractivity (Wildman–Crippen MR) is 168 cm³/mol. The summed E-state index contributed by atoms with van der Waals surface area (Å²) in [6, 6.07) is 27.1. The van der Waals surface area contributed by atoms with Crippen LogP contribution < -0.4 is 20.7 Å². The first-order chi connectivity index (χ1) is 20.3. The summed E-state index contributed by atoms with van der Waals surface area (Å²) in [5.41, 5.74) is 1.78. The molecule has 0 heterocycles. The van der Waals surface area contributed by atoms with Crippen LogP contribution in [0, 0.1) is 5.82 Å². The Balaban J connectivity index is 1.41. The Morgan fingerprint density at radius 1 is 0.905 bits per heavy atom. The van der Waals surface area contributed by atoms with Gasteiger partial charge in [0.15, 0.2) is 0 Å². The van der Waals surface area contributed by atoms with Crippen molar-refractivity contribution >= 4 is 62.9 Å². The average molecular weight is 649 g/mol. The molecule has 7 nitrogen and oxygen atoms in total. The fraction of sp³-hybridized carbons (Fsp3) is 0.0938. The van der Waals surface area contributed by atoms with E-state index in [2.05, 4.69) is 31.9 Å². The number of carbonyl (C=O) groups excluding carboxylic acids is 3. The molecule has 4 aromatic carbocycles. The molecule has 0 unspecified atom stereocenters. The molecule has 0 atom stereocenters. The third-order valence-electron chi connectivity index (χ3n) is 5.72. The van der Waals surface area contributed by atoms with Gasteiger partial charge in [-0.05, 0) is 85.3 Å². The summed E-state index contributed by atoms with van der Waals surface area (Å²) in [5.74, 6) is -1.04. The van der Waals surface area contributed by atoms with Crippen molar-refractivity contribution < 1.29 is 23.5 Å². The minimum Gasteiger partial charge on any atom is -0.494 e. The number of anilines is 2. The molecule has 4 rings (SSSR count). The number of carbonyl (C=O) groups is 3. The van der Waals surface area contributed by atoms with Crippen molar-refractivity contribution in [3.63, 3.8) is 0 Å². The average Bonchev–Trinajstić information content (AvgIpc) is 2.99. The normalized spacial score (nSPS) is 11.0. The Kier molecular flexibility index (Phi) is 10.9. The predicted octanol–water partition coefficient (Wildman–Crippen LogP) is 7.13. The van der Waals surface area contributed by atoms with E-state index in [0.717, 1.165) is 4.90 Å². The summed E-state index contributed by atoms with van der Waals surface area (Å²) in [5, 5.41) is 8.07. The second-order valence-electron chi connectivity index (χ2n) is 8.82. The summed E-state index contributed by atoms with van der Waals surface area (Å²) in [4.78, 5) is 39.2. The van der Waals surface area contributed by atoms with E-state index in [1.165, 1.54) is 23.9 Å². The highest BCUT2D eigenvalue weighted by Gasteiger charge is 2.15. The summed E-state index contributed by atoms with van der Waals surface area (Å²) in [7, 11) is 0. The zero-order valence-electron chi connectivity index (χ0n) is 22.5. The number of rotatable bonds is 11. The number of hydrogen-bond acceptors (Lipinski definition) is 5. The molecule has 0 spiro atoms. The van der Waals surface area contributed by atoms with Gasteiger partial charge in [-0.2, -0.15) is 0 Å². The monoisotopic (exact) mass is 647 g/mol. The first kappa shape index (κ1) is 30.5. The number of amides is 3. The number of thioether (sulfide) groups is 1. The fourth-order valence-electron chi connectivity index (χ4n) is 3.69. The number of hydrogen-bond donors (Lipinski definition) is 3. The molecule has 0 saturated carbocycles. The van der Waals surface area contributed by atoms with E-state index in [1.54, 1.807) is 91.0 Å². The van der Waals surface area contributed by atoms with Crippen LogP contribution in [0.25, 0.3) is 6.08 Å². The zero-order valence-corrected chi connectivity index (χ0v) is 24.9. The first-order valence-corrected chi connectivity index (χ1v) is 14.7. The van der Waals surface area contributed by atoms with Gasteiger partial charge in [-0.3, -0.25) is 14.4 Å². The lowest BCUT2D eigenvalue weighted by Gasteiger charge is -2.12. The molecular formula is C32H27BrFN3O4S. The first-order valence-electron chi connectivity index (χ1n) is 12.9. The van der Waals surface area contributed by atoms with Gasteiger partial charge in [-0.1, -0.05) is 46.3 Å². The highest BCUT2D eigenvalue weighted by Crippen LogP contribution is 2.23. The molecule has 0 aromatic heterocycles. The Bertz CT molecular complexity index is 1580. The molecule has 42 heavy (non-hydrogen) atoms. The molecule has 0 aliphatic rings. The van der Waals surface area contributed by atoms with Gasteiger partial charge in [0.2, 0.25) is 5.91 Å². The third kappa shape index (κ3) is 9.05. The van der Waals surface area contributed by atoms with Crippen LogP contribution in [-0.4, -0.2) is 30.1 Å². The molecule has 3 amide bonds. The maximum Gasteiger partial charge on any atom is 0.272 e. The molecule has 0 aliphatic carbocycles. The van der Waals surface area contributed by atoms with Gasteiger partial charge in [0.05, 0.1) is 18.0 Å². The van der Waals surface area contributed by atoms with Crippen LogP contribution in [-0.2, 0) is 9.59 Å². The quantitative estimate of drug-likeness (QED) is 0.119. The smallest absolute Gasteiger partial charge is 0.272 e. The Morgan fingerprint density at radius 3 is 2.29 bits per heavy atom. The van der Waals surface area contributed by atoms with Crippen LogP contribution in [0.2, 0.25) is 0 Å². The van der Waals surface area contributed by atoms with Crippen LogP contribution in [0.15, 0.2) is 112 Å². The van der Waals surface area contributed by atoms with E-state index >= 15 is 0 Å². The minimum absolute atomic E-state index is 0.0586. The fourth-order valence-corrected chi connectivity index (χ4v) is 4.73. The molecule has 0 bridgehead atoms. The lowest BCUT2D eigenvalue weighted by atomic mass is 10.1. The van der Waals surface area contributed by atoms with E-state index in [1.807, 2.05) is 6.92 Å². The number of nitrogens with one attached hydrogen (secondary N) is 3. The standard InChI is InChI=1S/C32H27BrFN3O4S/c1-2-41-25-13-8-21(9-14-25)18-29(37-31(39)22-6-4-3-5-7-22)32(40)35-24-11-15-26(16-12-24)42-20-30(38)36-28-17-10-23(33)19-27(28)34/h3-19H,2,20H2,1H3,(H,35,40)(H,36,38)(H,37,39)/b29-18-. The summed E-state index contributed by atoms with van der Waals surface area (Å²) >= 11 is 4.45. The van der Waals surface area contributed by atoms with Crippen LogP contribution in [0.5, 0.6) is 5.75 Å². The van der Waals surface area contributed by atoms with E-state index in [0.29, 0.717) is 33.6 Å². The van der Waals surface area contributed by atoms with Gasteiger partial charge >= 0.3 is 0 Å². The molecule has 0 radical (unpaired) electrons. The molecule has 4 aromatic rings. The van der Waals surface area contributed by atoms with E-state index in [9.17, 15) is 18.8 Å². The molecular weight excluding hydrogens is 621 g/mol. The molecule has 10 heteroatoms. The van der Waals surface area contributed by atoms with Gasteiger partial charge in [-0.15, -0.1) is 11.8 Å². The minimum atomic E-state index is -0.529. The van der Waals surface area contributed by atoms with Crippen LogP contribution in [0.1, 0.15) is 22.8 Å². The van der Waals surface area contributed by atoms with Gasteiger partial charge < -0.3 is 20.7 Å². The van der Waals surface area contributed by atoms with Crippen molar-refractivity contribution in [2.75, 3.05) is 23.0 Å². The molecule has 0 aliphatic heterocycles. The Morgan fingerprint density at radius 2 is 1.62 bits per heavy atom. The van der Waals surface area contributed by atoms with Crippen molar-refractivity contribution in [1.82, 2.24) is 5.32 Å². The molecule has 214 valence electrons. The Hall–Kier alpha value is -4.41. The molecule has 0 fully saturated rings. The number of ether oxygens (including phenoxy) is 1. The van der Waals surface area contributed by atoms with Gasteiger partial charge in [0.25, 0.3) is 11.8 Å². The van der Waals surface area contributed by atoms with E-state index in [4.69, 9.17) is 4.74 Å². The second kappa shape index (κ2) is 15.0. The molecule has 0 saturated heterocycles. The maximum absolute atomic E-state index is 14.0. The van der Waals surface area contributed by atoms with Crippen LogP contribution >= 0.6 is 27.7 Å². The number of benzene rings is 4. The van der Waals surface area contributed by atoms with Crippen LogP contribution in [0.3, 0.4) is 0 Å².